The van der Waals surface area contributed by atoms with Gasteiger partial charge in [-0.05, 0) is 24.2 Å². The maximum absolute atomic E-state index is 11.8. The van der Waals surface area contributed by atoms with Crippen molar-refractivity contribution in [1.29, 1.82) is 0 Å². The Labute approximate surface area is 147 Å². The van der Waals surface area contributed by atoms with Crippen molar-refractivity contribution >= 4 is 29.2 Å². The molecule has 0 fully saturated rings. The van der Waals surface area contributed by atoms with Crippen molar-refractivity contribution in [3.63, 3.8) is 0 Å². The highest BCUT2D eigenvalue weighted by Gasteiger charge is 2.13. The van der Waals surface area contributed by atoms with E-state index in [2.05, 4.69) is 10.6 Å². The fourth-order valence-corrected chi connectivity index (χ4v) is 2.27. The summed E-state index contributed by atoms with van der Waals surface area (Å²) in [6.45, 7) is 2.56. The van der Waals surface area contributed by atoms with Crippen LogP contribution in [0, 0.1) is 0 Å². The number of esters is 1. The molecule has 6 nitrogen and oxygen atoms in total. The summed E-state index contributed by atoms with van der Waals surface area (Å²) in [5, 5.41) is 5.95. The van der Waals surface area contributed by atoms with Crippen LogP contribution in [0.4, 0.5) is 0 Å². The minimum Gasteiger partial charge on any atom is -0.463 e. The van der Waals surface area contributed by atoms with Gasteiger partial charge >= 0.3 is 5.97 Å². The summed E-state index contributed by atoms with van der Waals surface area (Å²) >= 11 is 5.16. The molecule has 0 aliphatic carbocycles. The zero-order chi connectivity index (χ0) is 17.8. The van der Waals surface area contributed by atoms with Gasteiger partial charge in [-0.2, -0.15) is 0 Å². The molecule has 1 unspecified atom stereocenters. The fourth-order valence-electron chi connectivity index (χ4n) is 2.02. The van der Waals surface area contributed by atoms with Crippen LogP contribution in [0.1, 0.15) is 37.8 Å². The Hall–Kier alpha value is -1.99. The molecule has 0 bridgehead atoms. The molecule has 0 aliphatic heterocycles. The number of hydrogen-bond donors (Lipinski definition) is 2. The van der Waals surface area contributed by atoms with Crippen LogP contribution in [-0.4, -0.2) is 37.3 Å². The predicted molar refractivity (Wildman–Crippen MR) is 95.4 cm³/mol. The van der Waals surface area contributed by atoms with E-state index < -0.39 is 5.97 Å². The largest absolute Gasteiger partial charge is 0.463 e. The van der Waals surface area contributed by atoms with Crippen LogP contribution in [-0.2, 0) is 19.1 Å². The quantitative estimate of drug-likeness (QED) is 0.403. The monoisotopic (exact) mass is 352 g/mol. The second kappa shape index (κ2) is 11.5. The third-order valence-corrected chi connectivity index (χ3v) is 3.50. The summed E-state index contributed by atoms with van der Waals surface area (Å²) in [5.41, 5.74) is 1.10. The van der Waals surface area contributed by atoms with Crippen LogP contribution in [0.15, 0.2) is 30.3 Å². The van der Waals surface area contributed by atoms with Crippen molar-refractivity contribution in [2.45, 2.75) is 32.2 Å². The molecule has 0 heterocycles. The Morgan fingerprint density at radius 1 is 1.17 bits per heavy atom. The summed E-state index contributed by atoms with van der Waals surface area (Å²) in [6, 6.07) is 9.89. The molecule has 1 atom stereocenters. The molecule has 1 aromatic carbocycles. The number of ether oxygens (including phenoxy) is 2. The van der Waals surface area contributed by atoms with Gasteiger partial charge in [0.15, 0.2) is 5.11 Å². The normalized spacial score (nSPS) is 11.4. The molecule has 0 saturated heterocycles. The Morgan fingerprint density at radius 2 is 1.88 bits per heavy atom. The highest BCUT2D eigenvalue weighted by atomic mass is 32.1. The molecule has 0 spiro atoms. The van der Waals surface area contributed by atoms with Crippen LogP contribution in [0.5, 0.6) is 0 Å². The number of hydrogen-bond acceptors (Lipinski definition) is 5. The van der Waals surface area contributed by atoms with E-state index >= 15 is 0 Å². The number of methoxy groups -OCH3 is 1. The molecule has 1 aromatic rings. The van der Waals surface area contributed by atoms with E-state index in [0.717, 1.165) is 12.0 Å². The number of rotatable bonds is 9. The van der Waals surface area contributed by atoms with Crippen molar-refractivity contribution in [1.82, 2.24) is 10.6 Å². The van der Waals surface area contributed by atoms with Gasteiger partial charge < -0.3 is 20.1 Å². The van der Waals surface area contributed by atoms with E-state index in [1.807, 2.05) is 37.3 Å². The van der Waals surface area contributed by atoms with Crippen LogP contribution in [0.25, 0.3) is 0 Å². The highest BCUT2D eigenvalue weighted by Crippen LogP contribution is 2.15. The average Bonchev–Trinajstić information content (AvgIpc) is 2.59. The number of carbonyl (C=O) groups excluding carboxylic acids is 2. The highest BCUT2D eigenvalue weighted by molar-refractivity contribution is 7.80. The number of thiocarbonyl (C=S) groups is 1. The smallest absolute Gasteiger partial charge is 0.306 e. The molecule has 24 heavy (non-hydrogen) atoms. The van der Waals surface area contributed by atoms with E-state index in [1.54, 1.807) is 0 Å². The van der Waals surface area contributed by atoms with Crippen molar-refractivity contribution in [2.75, 3.05) is 20.3 Å². The van der Waals surface area contributed by atoms with Crippen molar-refractivity contribution in [2.24, 2.45) is 0 Å². The van der Waals surface area contributed by atoms with E-state index in [4.69, 9.17) is 21.7 Å². The zero-order valence-corrected chi connectivity index (χ0v) is 14.9. The van der Waals surface area contributed by atoms with Gasteiger partial charge in [0.1, 0.15) is 6.61 Å². The Kier molecular flexibility index (Phi) is 9.64. The SMILES string of the molecule is CCC(NC(=S)NC(=O)CCC(=O)OCCOC)c1ccccc1. The maximum Gasteiger partial charge on any atom is 0.306 e. The molecule has 1 amide bonds. The topological polar surface area (TPSA) is 76.7 Å². The minimum atomic E-state index is -0.434. The molecule has 7 heteroatoms. The first-order chi connectivity index (χ1) is 11.6. The third-order valence-electron chi connectivity index (χ3n) is 3.28. The lowest BCUT2D eigenvalue weighted by Crippen LogP contribution is -2.41. The van der Waals surface area contributed by atoms with Gasteiger partial charge in [0.05, 0.1) is 19.1 Å². The summed E-state index contributed by atoms with van der Waals surface area (Å²) in [6.07, 6.45) is 0.857. The lowest BCUT2D eigenvalue weighted by molar-refractivity contribution is -0.146. The number of nitrogens with one attached hydrogen (secondary N) is 2. The third kappa shape index (κ3) is 8.03. The number of carbonyl (C=O) groups is 2. The van der Waals surface area contributed by atoms with Crippen LogP contribution < -0.4 is 10.6 Å². The van der Waals surface area contributed by atoms with Crippen molar-refractivity contribution in [3.8, 4) is 0 Å². The summed E-state index contributed by atoms with van der Waals surface area (Å²) in [4.78, 5) is 23.2. The average molecular weight is 352 g/mol. The first kappa shape index (κ1) is 20.1. The van der Waals surface area contributed by atoms with E-state index in [9.17, 15) is 9.59 Å². The van der Waals surface area contributed by atoms with Gasteiger partial charge in [0.2, 0.25) is 5.91 Å². The summed E-state index contributed by atoms with van der Waals surface area (Å²) in [5.74, 6) is -0.754. The summed E-state index contributed by atoms with van der Waals surface area (Å²) in [7, 11) is 1.52. The number of amides is 1. The van der Waals surface area contributed by atoms with E-state index in [0.29, 0.717) is 6.61 Å². The van der Waals surface area contributed by atoms with E-state index in [-0.39, 0.29) is 36.5 Å². The molecule has 0 radical (unpaired) electrons. The Bertz CT molecular complexity index is 537. The lowest BCUT2D eigenvalue weighted by Gasteiger charge is -2.19. The first-order valence-electron chi connectivity index (χ1n) is 7.86. The van der Waals surface area contributed by atoms with Crippen LogP contribution >= 0.6 is 12.2 Å². The van der Waals surface area contributed by atoms with E-state index in [1.165, 1.54) is 7.11 Å². The molecule has 0 aliphatic rings. The molecular formula is C17H24N2O4S. The van der Waals surface area contributed by atoms with Gasteiger partial charge in [-0.1, -0.05) is 37.3 Å². The fraction of sp³-hybridized carbons (Fsp3) is 0.471. The van der Waals surface area contributed by atoms with Crippen molar-refractivity contribution in [3.05, 3.63) is 35.9 Å². The Balaban J connectivity index is 2.33. The van der Waals surface area contributed by atoms with Crippen molar-refractivity contribution < 1.29 is 19.1 Å². The molecule has 0 aromatic heterocycles. The zero-order valence-electron chi connectivity index (χ0n) is 14.0. The predicted octanol–water partition coefficient (Wildman–Crippen LogP) is 2.10. The van der Waals surface area contributed by atoms with Crippen LogP contribution in [0.2, 0.25) is 0 Å². The second-order valence-corrected chi connectivity index (χ2v) is 5.51. The second-order valence-electron chi connectivity index (χ2n) is 5.11. The molecular weight excluding hydrogens is 328 g/mol. The Morgan fingerprint density at radius 3 is 2.50 bits per heavy atom. The standard InChI is InChI=1S/C17H24N2O4S/c1-3-14(13-7-5-4-6-8-13)18-17(24)19-15(20)9-10-16(21)23-12-11-22-2/h4-8,14H,3,9-12H2,1-2H3,(H2,18,19,20,24). The molecule has 2 N–H and O–H groups in total. The lowest BCUT2D eigenvalue weighted by atomic mass is 10.1. The molecule has 132 valence electrons. The molecule has 1 rings (SSSR count). The maximum atomic E-state index is 11.8. The minimum absolute atomic E-state index is 0.00799. The van der Waals surface area contributed by atoms with Gasteiger partial charge in [0.25, 0.3) is 0 Å². The molecule has 0 saturated carbocycles. The van der Waals surface area contributed by atoms with Gasteiger partial charge in [-0.25, -0.2) is 0 Å². The van der Waals surface area contributed by atoms with Crippen LogP contribution in [0.3, 0.4) is 0 Å². The number of benzene rings is 1. The first-order valence-corrected chi connectivity index (χ1v) is 8.27. The summed E-state index contributed by atoms with van der Waals surface area (Å²) < 4.78 is 9.66. The van der Waals surface area contributed by atoms with Gasteiger partial charge in [0, 0.05) is 13.5 Å². The van der Waals surface area contributed by atoms with Gasteiger partial charge in [-0.15, -0.1) is 0 Å². The van der Waals surface area contributed by atoms with Gasteiger partial charge in [-0.3, -0.25) is 9.59 Å².